The molecule has 2 rings (SSSR count). The lowest BCUT2D eigenvalue weighted by molar-refractivity contribution is 0.296. The zero-order valence-corrected chi connectivity index (χ0v) is 11.2. The van der Waals surface area contributed by atoms with Crippen LogP contribution in [0.5, 0.6) is 11.5 Å². The maximum atomic E-state index is 5.70. The monoisotopic (exact) mass is 260 g/mol. The number of rotatable bonds is 7. The van der Waals surface area contributed by atoms with Gasteiger partial charge < -0.3 is 19.8 Å². The average molecular weight is 260 g/mol. The molecule has 0 amide bonds. The first kappa shape index (κ1) is 13.5. The molecule has 0 aliphatic carbocycles. The first-order chi connectivity index (χ1) is 9.33. The molecule has 2 aromatic rings. The number of aromatic nitrogens is 1. The fourth-order valence-electron chi connectivity index (χ4n) is 1.98. The highest BCUT2D eigenvalue weighted by molar-refractivity contribution is 5.31. The molecule has 0 saturated carbocycles. The van der Waals surface area contributed by atoms with E-state index in [9.17, 15) is 0 Å². The van der Waals surface area contributed by atoms with Gasteiger partial charge in [-0.05, 0) is 49.4 Å². The molecule has 0 aliphatic heterocycles. The highest BCUT2D eigenvalue weighted by Crippen LogP contribution is 2.17. The molecule has 0 saturated heterocycles. The SMILES string of the molecule is COc1ccc(OCCn2cccc2CCN)cc1. The third kappa shape index (κ3) is 3.76. The molecule has 0 unspecified atom stereocenters. The largest absolute Gasteiger partial charge is 0.497 e. The van der Waals surface area contributed by atoms with E-state index in [1.54, 1.807) is 7.11 Å². The standard InChI is InChI=1S/C15H20N2O2/c1-18-14-4-6-15(7-5-14)19-12-11-17-10-2-3-13(17)8-9-16/h2-7,10H,8-9,11-12,16H2,1H3. The van der Waals surface area contributed by atoms with Crippen molar-refractivity contribution in [3.05, 3.63) is 48.3 Å². The topological polar surface area (TPSA) is 49.4 Å². The minimum absolute atomic E-state index is 0.637. The lowest BCUT2D eigenvalue weighted by atomic mass is 10.3. The first-order valence-corrected chi connectivity index (χ1v) is 6.44. The van der Waals surface area contributed by atoms with E-state index in [-0.39, 0.29) is 0 Å². The Morgan fingerprint density at radius 1 is 1.11 bits per heavy atom. The van der Waals surface area contributed by atoms with Crippen LogP contribution in [0.15, 0.2) is 42.6 Å². The van der Waals surface area contributed by atoms with Crippen LogP contribution in [0.3, 0.4) is 0 Å². The van der Waals surface area contributed by atoms with Crippen LogP contribution >= 0.6 is 0 Å². The van der Waals surface area contributed by atoms with Crippen LogP contribution in [0.2, 0.25) is 0 Å². The lowest BCUT2D eigenvalue weighted by Crippen LogP contribution is -2.12. The van der Waals surface area contributed by atoms with Gasteiger partial charge in [-0.25, -0.2) is 0 Å². The molecule has 0 atom stereocenters. The van der Waals surface area contributed by atoms with Gasteiger partial charge >= 0.3 is 0 Å². The third-order valence-electron chi connectivity index (χ3n) is 2.98. The molecule has 19 heavy (non-hydrogen) atoms. The van der Waals surface area contributed by atoms with Gasteiger partial charge in [0, 0.05) is 11.9 Å². The zero-order valence-electron chi connectivity index (χ0n) is 11.2. The zero-order chi connectivity index (χ0) is 13.5. The molecule has 102 valence electrons. The van der Waals surface area contributed by atoms with E-state index >= 15 is 0 Å². The molecule has 4 heteroatoms. The van der Waals surface area contributed by atoms with Gasteiger partial charge in [0.15, 0.2) is 0 Å². The van der Waals surface area contributed by atoms with E-state index in [0.29, 0.717) is 13.2 Å². The van der Waals surface area contributed by atoms with Crippen molar-refractivity contribution in [3.63, 3.8) is 0 Å². The minimum atomic E-state index is 0.637. The molecule has 1 aromatic carbocycles. The second-order valence-corrected chi connectivity index (χ2v) is 4.26. The molecule has 4 nitrogen and oxygen atoms in total. The van der Waals surface area contributed by atoms with Crippen molar-refractivity contribution in [1.29, 1.82) is 0 Å². The fraction of sp³-hybridized carbons (Fsp3) is 0.333. The lowest BCUT2D eigenvalue weighted by Gasteiger charge is -2.10. The van der Waals surface area contributed by atoms with Crippen molar-refractivity contribution in [3.8, 4) is 11.5 Å². The minimum Gasteiger partial charge on any atom is -0.497 e. The van der Waals surface area contributed by atoms with Gasteiger partial charge in [0.2, 0.25) is 0 Å². The van der Waals surface area contributed by atoms with Crippen LogP contribution < -0.4 is 15.2 Å². The smallest absolute Gasteiger partial charge is 0.119 e. The number of ether oxygens (including phenoxy) is 2. The molecule has 1 aromatic heterocycles. The normalized spacial score (nSPS) is 10.4. The van der Waals surface area contributed by atoms with E-state index in [1.807, 2.05) is 30.3 Å². The second kappa shape index (κ2) is 6.85. The number of methoxy groups -OCH3 is 1. The van der Waals surface area contributed by atoms with Crippen molar-refractivity contribution in [2.24, 2.45) is 5.73 Å². The van der Waals surface area contributed by atoms with E-state index in [2.05, 4.69) is 16.8 Å². The van der Waals surface area contributed by atoms with Crippen molar-refractivity contribution in [1.82, 2.24) is 4.57 Å². The number of benzene rings is 1. The van der Waals surface area contributed by atoms with Gasteiger partial charge in [0.25, 0.3) is 0 Å². The second-order valence-electron chi connectivity index (χ2n) is 4.26. The summed E-state index contributed by atoms with van der Waals surface area (Å²) in [7, 11) is 1.65. The Morgan fingerprint density at radius 2 is 1.84 bits per heavy atom. The molecule has 1 heterocycles. The third-order valence-corrected chi connectivity index (χ3v) is 2.98. The quantitative estimate of drug-likeness (QED) is 0.829. The molecule has 0 radical (unpaired) electrons. The number of nitrogens with zero attached hydrogens (tertiary/aromatic N) is 1. The van der Waals surface area contributed by atoms with Crippen LogP contribution in [0.1, 0.15) is 5.69 Å². The first-order valence-electron chi connectivity index (χ1n) is 6.44. The Morgan fingerprint density at radius 3 is 2.53 bits per heavy atom. The van der Waals surface area contributed by atoms with Crippen LogP contribution in [0, 0.1) is 0 Å². The van der Waals surface area contributed by atoms with Crippen LogP contribution in [0.4, 0.5) is 0 Å². The van der Waals surface area contributed by atoms with Crippen LogP contribution in [0.25, 0.3) is 0 Å². The number of hydrogen-bond donors (Lipinski definition) is 1. The molecule has 2 N–H and O–H groups in total. The van der Waals surface area contributed by atoms with E-state index in [0.717, 1.165) is 24.5 Å². The maximum Gasteiger partial charge on any atom is 0.119 e. The van der Waals surface area contributed by atoms with Gasteiger partial charge in [-0.3, -0.25) is 0 Å². The summed E-state index contributed by atoms with van der Waals surface area (Å²) >= 11 is 0. The summed E-state index contributed by atoms with van der Waals surface area (Å²) in [5, 5.41) is 0. The number of nitrogens with two attached hydrogens (primary N) is 1. The Labute approximate surface area is 113 Å². The fourth-order valence-corrected chi connectivity index (χ4v) is 1.98. The van der Waals surface area contributed by atoms with Crippen LogP contribution in [-0.2, 0) is 13.0 Å². The predicted octanol–water partition coefficient (Wildman–Crippen LogP) is 2.08. The Balaban J connectivity index is 1.83. The molecular formula is C15H20N2O2. The van der Waals surface area contributed by atoms with Crippen molar-refractivity contribution >= 4 is 0 Å². The molecule has 0 fully saturated rings. The summed E-state index contributed by atoms with van der Waals surface area (Å²) in [5.41, 5.74) is 6.83. The maximum absolute atomic E-state index is 5.70. The molecule has 0 spiro atoms. The Hall–Kier alpha value is -1.94. The highest BCUT2D eigenvalue weighted by atomic mass is 16.5. The van der Waals surface area contributed by atoms with Gasteiger partial charge in [0.1, 0.15) is 18.1 Å². The van der Waals surface area contributed by atoms with Crippen molar-refractivity contribution in [2.75, 3.05) is 20.3 Å². The molecule has 0 aliphatic rings. The summed E-state index contributed by atoms with van der Waals surface area (Å²) in [6.07, 6.45) is 2.96. The summed E-state index contributed by atoms with van der Waals surface area (Å²) in [5.74, 6) is 1.69. The predicted molar refractivity (Wildman–Crippen MR) is 75.7 cm³/mol. The Bertz CT molecular complexity index is 491. The van der Waals surface area contributed by atoms with Crippen molar-refractivity contribution < 1.29 is 9.47 Å². The number of hydrogen-bond acceptors (Lipinski definition) is 3. The van der Waals surface area contributed by atoms with Gasteiger partial charge in [-0.1, -0.05) is 0 Å². The average Bonchev–Trinajstić information content (AvgIpc) is 2.88. The van der Waals surface area contributed by atoms with Gasteiger partial charge in [-0.15, -0.1) is 0 Å². The van der Waals surface area contributed by atoms with Gasteiger partial charge in [0.05, 0.1) is 13.7 Å². The summed E-state index contributed by atoms with van der Waals surface area (Å²) in [6.45, 7) is 2.14. The molecular weight excluding hydrogens is 240 g/mol. The van der Waals surface area contributed by atoms with E-state index < -0.39 is 0 Å². The van der Waals surface area contributed by atoms with Crippen molar-refractivity contribution in [2.45, 2.75) is 13.0 Å². The Kier molecular flexibility index (Phi) is 4.86. The summed E-state index contributed by atoms with van der Waals surface area (Å²) < 4.78 is 13.0. The summed E-state index contributed by atoms with van der Waals surface area (Å²) in [4.78, 5) is 0. The van der Waals surface area contributed by atoms with Crippen LogP contribution in [-0.4, -0.2) is 24.8 Å². The van der Waals surface area contributed by atoms with Gasteiger partial charge in [-0.2, -0.15) is 0 Å². The van der Waals surface area contributed by atoms with E-state index in [4.69, 9.17) is 15.2 Å². The highest BCUT2D eigenvalue weighted by Gasteiger charge is 2.00. The van der Waals surface area contributed by atoms with E-state index in [1.165, 1.54) is 5.69 Å². The summed E-state index contributed by atoms with van der Waals surface area (Å²) in [6, 6.07) is 11.7. The molecule has 0 bridgehead atoms.